The van der Waals surface area contributed by atoms with Gasteiger partial charge in [0.2, 0.25) is 0 Å². The lowest BCUT2D eigenvalue weighted by atomic mass is 9.81. The van der Waals surface area contributed by atoms with Gasteiger partial charge in [-0.3, -0.25) is 5.32 Å². The molecule has 53 heavy (non-hydrogen) atoms. The zero-order chi connectivity index (χ0) is 35.9. The highest BCUT2D eigenvalue weighted by atomic mass is 15.0. The van der Waals surface area contributed by atoms with E-state index >= 15 is 0 Å². The van der Waals surface area contributed by atoms with Crippen molar-refractivity contribution in [3.63, 3.8) is 0 Å². The van der Waals surface area contributed by atoms with E-state index in [1.54, 1.807) is 0 Å². The summed E-state index contributed by atoms with van der Waals surface area (Å²) < 4.78 is 0. The van der Waals surface area contributed by atoms with Crippen LogP contribution in [0.1, 0.15) is 53.9 Å². The second-order valence-corrected chi connectivity index (χ2v) is 14.7. The van der Waals surface area contributed by atoms with E-state index in [-0.39, 0.29) is 17.6 Å². The van der Waals surface area contributed by atoms with Crippen molar-refractivity contribution in [3.05, 3.63) is 210 Å². The first kappa shape index (κ1) is 32.8. The van der Waals surface area contributed by atoms with Crippen molar-refractivity contribution in [2.75, 3.05) is 0 Å². The topological polar surface area (TPSA) is 38.0 Å². The number of fused-ring (bicyclic) bond motifs is 5. The average molecular weight is 683 g/mol. The van der Waals surface area contributed by atoms with E-state index in [1.807, 2.05) is 18.2 Å². The lowest BCUT2D eigenvalue weighted by molar-refractivity contribution is 0.511. The molecule has 9 rings (SSSR count). The predicted molar refractivity (Wildman–Crippen MR) is 225 cm³/mol. The zero-order valence-corrected chi connectivity index (χ0v) is 30.1. The van der Waals surface area contributed by atoms with Crippen LogP contribution in [0.3, 0.4) is 0 Å². The van der Waals surface area contributed by atoms with Crippen molar-refractivity contribution in [3.8, 4) is 33.4 Å². The van der Waals surface area contributed by atoms with Crippen LogP contribution in [0.25, 0.3) is 61.0 Å². The molecule has 256 valence electrons. The predicted octanol–water partition coefficient (Wildman–Crippen LogP) is 12.6. The highest BCUT2D eigenvalue weighted by Crippen LogP contribution is 2.53. The molecule has 2 nitrogen and oxygen atoms in total. The maximum Gasteiger partial charge on any atom is 0.0817 e. The summed E-state index contributed by atoms with van der Waals surface area (Å²) in [6.45, 7) is 4.72. The lowest BCUT2D eigenvalue weighted by Crippen LogP contribution is -2.32. The van der Waals surface area contributed by atoms with Crippen LogP contribution in [-0.2, 0) is 5.41 Å². The van der Waals surface area contributed by atoms with Gasteiger partial charge in [-0.05, 0) is 94.9 Å². The molecular formula is C51H42N2. The van der Waals surface area contributed by atoms with E-state index in [1.165, 1.54) is 71.6 Å². The molecule has 0 saturated carbocycles. The Kier molecular flexibility index (Phi) is 8.35. The minimum absolute atomic E-state index is 0.0732. The first-order chi connectivity index (χ1) is 26.0. The molecule has 0 amide bonds. The standard InChI is InChI=1S/C51H42N2/c1-51(2)45-23-13-22-41(48(45)44-32-39-19-9-10-20-40(39)33-46(44)51)37-27-24-34(25-28-37)26-31-47(53-50(52)38-17-7-4-8-18-38)49-42-21-12-11-16-36(42)29-30-43(49)35-14-5-3-6-15-35/h3-33,47,50,53H,52H2,1-2H3/b31-26+. The van der Waals surface area contributed by atoms with Gasteiger partial charge in [-0.25, -0.2) is 0 Å². The molecule has 1 aliphatic rings. The fourth-order valence-corrected chi connectivity index (χ4v) is 8.38. The molecule has 0 radical (unpaired) electrons. The Balaban J connectivity index is 1.11. The Bertz CT molecular complexity index is 2620. The number of benzene rings is 8. The minimum atomic E-state index is -0.361. The van der Waals surface area contributed by atoms with Crippen molar-refractivity contribution >= 4 is 27.6 Å². The third-order valence-corrected chi connectivity index (χ3v) is 11.2. The van der Waals surface area contributed by atoms with Gasteiger partial charge in [0.05, 0.1) is 12.2 Å². The van der Waals surface area contributed by atoms with Crippen LogP contribution in [0.2, 0.25) is 0 Å². The largest absolute Gasteiger partial charge is 0.312 e. The summed E-state index contributed by atoms with van der Waals surface area (Å²) in [7, 11) is 0. The summed E-state index contributed by atoms with van der Waals surface area (Å²) in [5, 5.41) is 8.79. The van der Waals surface area contributed by atoms with Gasteiger partial charge in [0.15, 0.2) is 0 Å². The third kappa shape index (κ3) is 5.97. The Hall–Kier alpha value is -6.06. The molecule has 0 heterocycles. The Morgan fingerprint density at radius 2 is 1.17 bits per heavy atom. The van der Waals surface area contributed by atoms with Crippen LogP contribution in [0.4, 0.5) is 0 Å². The Labute approximate surface area is 312 Å². The monoisotopic (exact) mass is 682 g/mol. The summed E-state index contributed by atoms with van der Waals surface area (Å²) >= 11 is 0. The summed E-state index contributed by atoms with van der Waals surface area (Å²) in [5.74, 6) is 0. The molecule has 0 saturated heterocycles. The van der Waals surface area contributed by atoms with Gasteiger partial charge in [0, 0.05) is 5.41 Å². The fourth-order valence-electron chi connectivity index (χ4n) is 8.38. The van der Waals surface area contributed by atoms with Crippen LogP contribution in [0.5, 0.6) is 0 Å². The molecule has 8 aromatic carbocycles. The maximum atomic E-state index is 6.90. The molecule has 1 aliphatic carbocycles. The third-order valence-electron chi connectivity index (χ3n) is 11.2. The van der Waals surface area contributed by atoms with E-state index in [9.17, 15) is 0 Å². The van der Waals surface area contributed by atoms with Crippen molar-refractivity contribution in [2.24, 2.45) is 5.73 Å². The molecule has 0 aliphatic heterocycles. The van der Waals surface area contributed by atoms with E-state index in [2.05, 4.69) is 189 Å². The van der Waals surface area contributed by atoms with Crippen LogP contribution in [-0.4, -0.2) is 0 Å². The minimum Gasteiger partial charge on any atom is -0.312 e. The first-order valence-corrected chi connectivity index (χ1v) is 18.6. The summed E-state index contributed by atoms with van der Waals surface area (Å²) in [6.07, 6.45) is 4.14. The molecule has 0 bridgehead atoms. The molecule has 2 unspecified atom stereocenters. The van der Waals surface area contributed by atoms with Gasteiger partial charge < -0.3 is 5.73 Å². The van der Waals surface area contributed by atoms with Gasteiger partial charge in [-0.1, -0.05) is 190 Å². The fraction of sp³-hybridized carbons (Fsp3) is 0.0980. The number of hydrogen-bond acceptors (Lipinski definition) is 2. The quantitative estimate of drug-likeness (QED) is 0.157. The van der Waals surface area contributed by atoms with Gasteiger partial charge in [-0.2, -0.15) is 0 Å². The highest BCUT2D eigenvalue weighted by molar-refractivity contribution is 5.98. The van der Waals surface area contributed by atoms with Crippen LogP contribution >= 0.6 is 0 Å². The van der Waals surface area contributed by atoms with E-state index in [0.717, 1.165) is 11.1 Å². The highest BCUT2D eigenvalue weighted by Gasteiger charge is 2.37. The molecule has 2 atom stereocenters. The number of nitrogens with two attached hydrogens (primary N) is 1. The van der Waals surface area contributed by atoms with Gasteiger partial charge in [0.1, 0.15) is 0 Å². The van der Waals surface area contributed by atoms with E-state index in [4.69, 9.17) is 5.73 Å². The van der Waals surface area contributed by atoms with Crippen LogP contribution in [0, 0.1) is 0 Å². The lowest BCUT2D eigenvalue weighted by Gasteiger charge is -2.25. The van der Waals surface area contributed by atoms with Gasteiger partial charge >= 0.3 is 0 Å². The SMILES string of the molecule is CC1(C)c2cc3ccccc3cc2-c2c(-c3ccc(/C=C/C(NC(N)c4ccccc4)c4c(-c5ccccc5)ccc5ccccc45)cc3)cccc21. The van der Waals surface area contributed by atoms with E-state index in [0.29, 0.717) is 0 Å². The second kappa shape index (κ2) is 13.5. The van der Waals surface area contributed by atoms with Crippen LogP contribution in [0.15, 0.2) is 182 Å². The van der Waals surface area contributed by atoms with Crippen molar-refractivity contribution in [1.29, 1.82) is 0 Å². The van der Waals surface area contributed by atoms with Crippen molar-refractivity contribution in [1.82, 2.24) is 5.32 Å². The van der Waals surface area contributed by atoms with Gasteiger partial charge in [-0.15, -0.1) is 0 Å². The molecule has 2 heteroatoms. The van der Waals surface area contributed by atoms with E-state index < -0.39 is 0 Å². The van der Waals surface area contributed by atoms with Gasteiger partial charge in [0.25, 0.3) is 0 Å². The molecule has 3 N–H and O–H groups in total. The smallest absolute Gasteiger partial charge is 0.0817 e. The first-order valence-electron chi connectivity index (χ1n) is 18.6. The average Bonchev–Trinajstić information content (AvgIpc) is 3.44. The normalized spacial score (nSPS) is 14.3. The van der Waals surface area contributed by atoms with Crippen molar-refractivity contribution in [2.45, 2.75) is 31.5 Å². The number of rotatable bonds is 8. The second-order valence-electron chi connectivity index (χ2n) is 14.7. The van der Waals surface area contributed by atoms with Crippen LogP contribution < -0.4 is 11.1 Å². The molecule has 8 aromatic rings. The summed E-state index contributed by atoms with van der Waals surface area (Å²) in [4.78, 5) is 0. The molecule has 0 fully saturated rings. The molecule has 0 spiro atoms. The summed E-state index contributed by atoms with van der Waals surface area (Å²) in [5.41, 5.74) is 20.6. The maximum absolute atomic E-state index is 6.90. The van der Waals surface area contributed by atoms with Crippen molar-refractivity contribution < 1.29 is 0 Å². The molecular weight excluding hydrogens is 641 g/mol. The number of hydrogen-bond donors (Lipinski definition) is 2. The zero-order valence-electron chi connectivity index (χ0n) is 30.1. The molecule has 0 aromatic heterocycles. The Morgan fingerprint density at radius 1 is 0.528 bits per heavy atom. The number of nitrogens with one attached hydrogen (secondary N) is 1. The Morgan fingerprint density at radius 3 is 1.92 bits per heavy atom. The summed E-state index contributed by atoms with van der Waals surface area (Å²) in [6, 6.07) is 63.2.